The summed E-state index contributed by atoms with van der Waals surface area (Å²) in [6, 6.07) is 6.42. The lowest BCUT2D eigenvalue weighted by atomic mass is 9.74. The lowest BCUT2D eigenvalue weighted by Crippen LogP contribution is -2.40. The molecular weight excluding hydrogens is 280 g/mol. The van der Waals surface area contributed by atoms with E-state index in [9.17, 15) is 0 Å². The van der Waals surface area contributed by atoms with Crippen LogP contribution in [0.3, 0.4) is 0 Å². The van der Waals surface area contributed by atoms with E-state index in [1.807, 2.05) is 6.07 Å². The molecule has 1 unspecified atom stereocenters. The van der Waals surface area contributed by atoms with Gasteiger partial charge in [0.25, 0.3) is 0 Å². The molecule has 1 atom stereocenters. The quantitative estimate of drug-likeness (QED) is 0.859. The lowest BCUT2D eigenvalue weighted by molar-refractivity contribution is 0.199. The van der Waals surface area contributed by atoms with Crippen molar-refractivity contribution in [3.8, 4) is 0 Å². The molecule has 2 N–H and O–H groups in total. The van der Waals surface area contributed by atoms with Gasteiger partial charge in [0.15, 0.2) is 0 Å². The Kier molecular flexibility index (Phi) is 5.56. The molecule has 0 amide bonds. The molecule has 2 rings (SSSR count). The maximum atomic E-state index is 6.17. The number of rotatable bonds is 5. The van der Waals surface area contributed by atoms with Crippen LogP contribution in [0.1, 0.15) is 52.0 Å². The van der Waals surface area contributed by atoms with Crippen molar-refractivity contribution >= 4 is 17.3 Å². The van der Waals surface area contributed by atoms with E-state index in [-0.39, 0.29) is 6.04 Å². The summed E-state index contributed by atoms with van der Waals surface area (Å²) < 4.78 is 0. The summed E-state index contributed by atoms with van der Waals surface area (Å²) in [6.45, 7) is 9.02. The minimum atomic E-state index is 0.164. The van der Waals surface area contributed by atoms with E-state index in [0.29, 0.717) is 5.41 Å². The number of piperidine rings is 1. The first-order valence-electron chi connectivity index (χ1n) is 8.28. The smallest absolute Gasteiger partial charge is 0.0410 e. The fourth-order valence-electron chi connectivity index (χ4n) is 3.55. The predicted molar refractivity (Wildman–Crippen MR) is 93.3 cm³/mol. The van der Waals surface area contributed by atoms with Gasteiger partial charge >= 0.3 is 0 Å². The van der Waals surface area contributed by atoms with Crippen LogP contribution in [0.25, 0.3) is 0 Å². The van der Waals surface area contributed by atoms with Gasteiger partial charge in [-0.05, 0) is 55.4 Å². The average molecular weight is 309 g/mol. The third-order valence-corrected chi connectivity index (χ3v) is 5.48. The zero-order valence-electron chi connectivity index (χ0n) is 13.7. The summed E-state index contributed by atoms with van der Waals surface area (Å²) in [5.41, 5.74) is 9.18. The Balaban J connectivity index is 2.16. The Labute approximate surface area is 134 Å². The number of hydrogen-bond donors (Lipinski definition) is 1. The molecule has 1 aliphatic heterocycles. The van der Waals surface area contributed by atoms with Crippen molar-refractivity contribution in [3.05, 3.63) is 28.8 Å². The topological polar surface area (TPSA) is 29.3 Å². The van der Waals surface area contributed by atoms with Gasteiger partial charge in [0, 0.05) is 29.8 Å². The van der Waals surface area contributed by atoms with Gasteiger partial charge in [-0.25, -0.2) is 0 Å². The third kappa shape index (κ3) is 3.92. The molecule has 118 valence electrons. The minimum absolute atomic E-state index is 0.164. The Hall–Kier alpha value is -0.730. The average Bonchev–Trinajstić information content (AvgIpc) is 2.47. The van der Waals surface area contributed by atoms with Crippen molar-refractivity contribution in [2.75, 3.05) is 18.0 Å². The van der Waals surface area contributed by atoms with Crippen molar-refractivity contribution in [2.24, 2.45) is 11.1 Å². The molecular formula is C18H29ClN2. The zero-order chi connectivity index (χ0) is 15.5. The van der Waals surface area contributed by atoms with Gasteiger partial charge in [0.2, 0.25) is 0 Å². The standard InChI is InChI=1S/C18H29ClN2/c1-4-18(5-2)8-10-21(11-9-18)17-7-6-16(19)13-15(17)12-14(3)20/h6-7,13-14H,4-5,8-12,20H2,1-3H3. The second-order valence-corrected chi connectivity index (χ2v) is 7.09. The van der Waals surface area contributed by atoms with E-state index >= 15 is 0 Å². The van der Waals surface area contributed by atoms with Gasteiger partial charge in [-0.1, -0.05) is 38.3 Å². The molecule has 0 aliphatic carbocycles. The lowest BCUT2D eigenvalue weighted by Gasteiger charge is -2.42. The summed E-state index contributed by atoms with van der Waals surface area (Å²) in [4.78, 5) is 2.53. The molecule has 1 heterocycles. The maximum absolute atomic E-state index is 6.17. The van der Waals surface area contributed by atoms with E-state index in [0.717, 1.165) is 24.5 Å². The Morgan fingerprint density at radius 3 is 2.38 bits per heavy atom. The van der Waals surface area contributed by atoms with E-state index in [4.69, 9.17) is 17.3 Å². The number of halogens is 1. The van der Waals surface area contributed by atoms with Crippen LogP contribution in [0.5, 0.6) is 0 Å². The van der Waals surface area contributed by atoms with Crippen LogP contribution in [0.15, 0.2) is 18.2 Å². The first kappa shape index (κ1) is 16.6. The number of anilines is 1. The second-order valence-electron chi connectivity index (χ2n) is 6.65. The van der Waals surface area contributed by atoms with E-state index in [1.54, 1.807) is 0 Å². The molecule has 2 nitrogen and oxygen atoms in total. The fraction of sp³-hybridized carbons (Fsp3) is 0.667. The number of hydrogen-bond acceptors (Lipinski definition) is 2. The molecule has 1 aliphatic rings. The second kappa shape index (κ2) is 7.02. The van der Waals surface area contributed by atoms with Gasteiger partial charge in [0.05, 0.1) is 0 Å². The number of nitrogens with zero attached hydrogens (tertiary/aromatic N) is 1. The molecule has 0 bridgehead atoms. The van der Waals surface area contributed by atoms with Crippen LogP contribution in [0, 0.1) is 5.41 Å². The molecule has 1 aromatic carbocycles. The minimum Gasteiger partial charge on any atom is -0.371 e. The first-order chi connectivity index (χ1) is 9.99. The summed E-state index contributed by atoms with van der Waals surface area (Å²) in [7, 11) is 0. The van der Waals surface area contributed by atoms with Crippen LogP contribution < -0.4 is 10.6 Å². The largest absolute Gasteiger partial charge is 0.371 e. The molecule has 1 fully saturated rings. The summed E-state index contributed by atoms with van der Waals surface area (Å²) in [5.74, 6) is 0. The molecule has 1 aromatic rings. The summed E-state index contributed by atoms with van der Waals surface area (Å²) in [5, 5.41) is 0.808. The highest BCUT2D eigenvalue weighted by Gasteiger charge is 2.31. The highest BCUT2D eigenvalue weighted by molar-refractivity contribution is 6.30. The fourth-order valence-corrected chi connectivity index (χ4v) is 3.75. The molecule has 21 heavy (non-hydrogen) atoms. The van der Waals surface area contributed by atoms with Crippen LogP contribution in [0.2, 0.25) is 5.02 Å². The molecule has 0 aromatic heterocycles. The van der Waals surface area contributed by atoms with Gasteiger partial charge in [-0.15, -0.1) is 0 Å². The van der Waals surface area contributed by atoms with Gasteiger partial charge in [0.1, 0.15) is 0 Å². The Morgan fingerprint density at radius 2 is 1.86 bits per heavy atom. The summed E-state index contributed by atoms with van der Waals surface area (Å²) in [6.07, 6.45) is 6.06. The molecule has 0 radical (unpaired) electrons. The maximum Gasteiger partial charge on any atom is 0.0410 e. The van der Waals surface area contributed by atoms with Crippen molar-refractivity contribution in [1.82, 2.24) is 0 Å². The van der Waals surface area contributed by atoms with E-state index < -0.39 is 0 Å². The monoisotopic (exact) mass is 308 g/mol. The van der Waals surface area contributed by atoms with Crippen molar-refractivity contribution in [2.45, 2.75) is 58.9 Å². The Bertz CT molecular complexity index is 456. The SMILES string of the molecule is CCC1(CC)CCN(c2ccc(Cl)cc2CC(C)N)CC1. The molecule has 1 saturated heterocycles. The first-order valence-corrected chi connectivity index (χ1v) is 8.66. The van der Waals surface area contributed by atoms with Gasteiger partial charge < -0.3 is 10.6 Å². The molecule has 0 spiro atoms. The normalized spacial score (nSPS) is 19.6. The van der Waals surface area contributed by atoms with Crippen LogP contribution in [-0.4, -0.2) is 19.1 Å². The third-order valence-electron chi connectivity index (χ3n) is 5.25. The van der Waals surface area contributed by atoms with Crippen LogP contribution in [0.4, 0.5) is 5.69 Å². The summed E-state index contributed by atoms with van der Waals surface area (Å²) >= 11 is 6.17. The predicted octanol–water partition coefficient (Wildman–Crippen LogP) is 4.64. The van der Waals surface area contributed by atoms with E-state index in [2.05, 4.69) is 37.8 Å². The number of nitrogens with two attached hydrogens (primary N) is 1. The highest BCUT2D eigenvalue weighted by atomic mass is 35.5. The van der Waals surface area contributed by atoms with Crippen LogP contribution >= 0.6 is 11.6 Å². The highest BCUT2D eigenvalue weighted by Crippen LogP contribution is 2.40. The van der Waals surface area contributed by atoms with Crippen molar-refractivity contribution in [1.29, 1.82) is 0 Å². The van der Waals surface area contributed by atoms with Crippen molar-refractivity contribution < 1.29 is 0 Å². The van der Waals surface area contributed by atoms with Gasteiger partial charge in [-0.2, -0.15) is 0 Å². The van der Waals surface area contributed by atoms with Gasteiger partial charge in [-0.3, -0.25) is 0 Å². The van der Waals surface area contributed by atoms with E-state index in [1.165, 1.54) is 36.9 Å². The van der Waals surface area contributed by atoms with Crippen molar-refractivity contribution in [3.63, 3.8) is 0 Å². The molecule has 3 heteroatoms. The zero-order valence-corrected chi connectivity index (χ0v) is 14.4. The van der Waals surface area contributed by atoms with Crippen LogP contribution in [-0.2, 0) is 6.42 Å². The molecule has 0 saturated carbocycles. The number of benzene rings is 1. The Morgan fingerprint density at radius 1 is 1.24 bits per heavy atom.